The maximum Gasteiger partial charge on any atom is 0.127 e. The highest BCUT2D eigenvalue weighted by molar-refractivity contribution is 6.45. The molecule has 0 aliphatic rings. The molecule has 0 radical (unpaired) electrons. The third kappa shape index (κ3) is 3.77. The highest BCUT2D eigenvalue weighted by atomic mass is 35.5. The molecule has 0 aliphatic carbocycles. The van der Waals surface area contributed by atoms with Gasteiger partial charge in [-0.25, -0.2) is 0 Å². The summed E-state index contributed by atoms with van der Waals surface area (Å²) < 4.78 is 11.6. The van der Waals surface area contributed by atoms with Crippen molar-refractivity contribution < 1.29 is 9.47 Å². The average Bonchev–Trinajstić information content (AvgIpc) is 2.62. The number of halogens is 2. The molecule has 24 heavy (non-hydrogen) atoms. The fraction of sp³-hybridized carbons (Fsp3) is 0.200. The number of hydrogen-bond acceptors (Lipinski definition) is 2. The van der Waals surface area contributed by atoms with Crippen molar-refractivity contribution in [3.63, 3.8) is 0 Å². The topological polar surface area (TPSA) is 18.5 Å². The Bertz CT molecular complexity index is 829. The predicted octanol–water partition coefficient (Wildman–Crippen LogP) is 6.51. The van der Waals surface area contributed by atoms with Crippen LogP contribution in [-0.4, -0.2) is 6.61 Å². The summed E-state index contributed by atoms with van der Waals surface area (Å²) in [6.07, 6.45) is 0.999. The Morgan fingerprint density at radius 1 is 0.833 bits per heavy atom. The Morgan fingerprint density at radius 3 is 2.38 bits per heavy atom. The van der Waals surface area contributed by atoms with Crippen LogP contribution in [0.5, 0.6) is 11.5 Å². The van der Waals surface area contributed by atoms with Crippen LogP contribution in [0.3, 0.4) is 0 Å². The predicted molar refractivity (Wildman–Crippen MR) is 101 cm³/mol. The minimum atomic E-state index is 0.480. The summed E-state index contributed by atoms with van der Waals surface area (Å²) in [4.78, 5) is 0. The van der Waals surface area contributed by atoms with Gasteiger partial charge in [-0.2, -0.15) is 0 Å². The van der Waals surface area contributed by atoms with Crippen molar-refractivity contribution in [1.29, 1.82) is 0 Å². The molecule has 0 N–H and O–H groups in total. The zero-order valence-electron chi connectivity index (χ0n) is 13.4. The monoisotopic (exact) mass is 360 g/mol. The summed E-state index contributed by atoms with van der Waals surface area (Å²) in [5.74, 6) is 1.67. The van der Waals surface area contributed by atoms with Crippen LogP contribution in [0.1, 0.15) is 18.9 Å². The molecule has 0 saturated heterocycles. The average molecular weight is 361 g/mol. The van der Waals surface area contributed by atoms with Gasteiger partial charge in [0.1, 0.15) is 18.1 Å². The van der Waals surface area contributed by atoms with Gasteiger partial charge in [0.05, 0.1) is 16.7 Å². The molecule has 0 spiro atoms. The van der Waals surface area contributed by atoms with Crippen molar-refractivity contribution >= 4 is 34.0 Å². The molecule has 0 fully saturated rings. The molecule has 4 heteroatoms. The van der Waals surface area contributed by atoms with E-state index >= 15 is 0 Å². The second-order valence-corrected chi connectivity index (χ2v) is 6.28. The molecule has 3 aromatic carbocycles. The first-order chi connectivity index (χ1) is 11.7. The first-order valence-electron chi connectivity index (χ1n) is 7.90. The van der Waals surface area contributed by atoms with Crippen LogP contribution in [0.4, 0.5) is 0 Å². The fourth-order valence-electron chi connectivity index (χ4n) is 2.45. The van der Waals surface area contributed by atoms with Crippen LogP contribution in [0, 0.1) is 0 Å². The third-order valence-corrected chi connectivity index (χ3v) is 4.52. The molecule has 0 bridgehead atoms. The van der Waals surface area contributed by atoms with Crippen LogP contribution in [0.25, 0.3) is 10.8 Å². The highest BCUT2D eigenvalue weighted by Crippen LogP contribution is 2.35. The molecule has 2 nitrogen and oxygen atoms in total. The molecule has 3 aromatic rings. The van der Waals surface area contributed by atoms with Gasteiger partial charge in [-0.1, -0.05) is 54.4 Å². The quantitative estimate of drug-likeness (QED) is 0.498. The van der Waals surface area contributed by atoms with Crippen molar-refractivity contribution in [2.75, 3.05) is 6.61 Å². The zero-order chi connectivity index (χ0) is 16.9. The molecule has 0 amide bonds. The van der Waals surface area contributed by atoms with Gasteiger partial charge in [0.2, 0.25) is 0 Å². The van der Waals surface area contributed by atoms with Crippen molar-refractivity contribution in [1.82, 2.24) is 0 Å². The fourth-order valence-corrected chi connectivity index (χ4v) is 2.85. The number of hydrogen-bond donors (Lipinski definition) is 0. The van der Waals surface area contributed by atoms with E-state index in [1.54, 1.807) is 6.07 Å². The smallest absolute Gasteiger partial charge is 0.127 e. The highest BCUT2D eigenvalue weighted by Gasteiger charge is 2.08. The maximum atomic E-state index is 6.27. The van der Waals surface area contributed by atoms with E-state index in [1.165, 1.54) is 0 Å². The maximum absolute atomic E-state index is 6.27. The lowest BCUT2D eigenvalue weighted by atomic mass is 10.1. The van der Waals surface area contributed by atoms with Crippen LogP contribution in [0.2, 0.25) is 10.0 Å². The SMILES string of the molecule is CCCOc1ccc(COc2cccc3c(Cl)c(Cl)ccc23)cc1. The largest absolute Gasteiger partial charge is 0.494 e. The summed E-state index contributed by atoms with van der Waals surface area (Å²) in [6, 6.07) is 17.5. The molecule has 3 rings (SSSR count). The Morgan fingerprint density at radius 2 is 1.62 bits per heavy atom. The van der Waals surface area contributed by atoms with Crippen LogP contribution < -0.4 is 9.47 Å². The Labute approximate surface area is 151 Å². The lowest BCUT2D eigenvalue weighted by molar-refractivity contribution is 0.307. The van der Waals surface area contributed by atoms with E-state index in [4.69, 9.17) is 32.7 Å². The van der Waals surface area contributed by atoms with Crippen molar-refractivity contribution in [2.24, 2.45) is 0 Å². The van der Waals surface area contributed by atoms with Gasteiger partial charge >= 0.3 is 0 Å². The third-order valence-electron chi connectivity index (χ3n) is 3.70. The number of ether oxygens (including phenoxy) is 2. The molecular formula is C20H18Cl2O2. The van der Waals surface area contributed by atoms with E-state index in [1.807, 2.05) is 48.5 Å². The molecule has 124 valence electrons. The number of fused-ring (bicyclic) bond motifs is 1. The molecule has 0 atom stereocenters. The summed E-state index contributed by atoms with van der Waals surface area (Å²) >= 11 is 12.4. The van der Waals surface area contributed by atoms with Gasteiger partial charge in [0, 0.05) is 10.8 Å². The van der Waals surface area contributed by atoms with Gasteiger partial charge in [-0.05, 0) is 42.3 Å². The van der Waals surface area contributed by atoms with Gasteiger partial charge in [0.15, 0.2) is 0 Å². The Hall–Kier alpha value is -1.90. The zero-order valence-corrected chi connectivity index (χ0v) is 14.9. The summed E-state index contributed by atoms with van der Waals surface area (Å²) in [7, 11) is 0. The van der Waals surface area contributed by atoms with Crippen molar-refractivity contribution in [3.05, 3.63) is 70.2 Å². The molecule has 0 aromatic heterocycles. The first-order valence-corrected chi connectivity index (χ1v) is 8.66. The summed E-state index contributed by atoms with van der Waals surface area (Å²) in [5.41, 5.74) is 1.08. The van der Waals surface area contributed by atoms with Crippen molar-refractivity contribution in [3.8, 4) is 11.5 Å². The van der Waals surface area contributed by atoms with E-state index in [-0.39, 0.29) is 0 Å². The standard InChI is InChI=1S/C20H18Cl2O2/c1-2-12-23-15-8-6-14(7-9-15)13-24-19-5-3-4-17-16(19)10-11-18(21)20(17)22/h3-11H,2,12-13H2,1H3. The lowest BCUT2D eigenvalue weighted by Gasteiger charge is -2.11. The van der Waals surface area contributed by atoms with E-state index in [9.17, 15) is 0 Å². The molecule has 0 aliphatic heterocycles. The first kappa shape index (κ1) is 16.9. The second-order valence-electron chi connectivity index (χ2n) is 5.49. The Kier molecular flexibility index (Phi) is 5.49. The number of benzene rings is 3. The van der Waals surface area contributed by atoms with Crippen molar-refractivity contribution in [2.45, 2.75) is 20.0 Å². The van der Waals surface area contributed by atoms with E-state index < -0.39 is 0 Å². The second kappa shape index (κ2) is 7.78. The molecule has 0 saturated carbocycles. The van der Waals surface area contributed by atoms with Crippen LogP contribution >= 0.6 is 23.2 Å². The van der Waals surface area contributed by atoms with Gasteiger partial charge in [-0.3, -0.25) is 0 Å². The molecular weight excluding hydrogens is 343 g/mol. The van der Waals surface area contributed by atoms with Gasteiger partial charge in [0.25, 0.3) is 0 Å². The minimum absolute atomic E-state index is 0.480. The molecule has 0 unspecified atom stereocenters. The Balaban J connectivity index is 1.75. The van der Waals surface area contributed by atoms with Crippen LogP contribution in [-0.2, 0) is 6.61 Å². The van der Waals surface area contributed by atoms with E-state index in [0.29, 0.717) is 16.7 Å². The number of rotatable bonds is 6. The van der Waals surface area contributed by atoms with E-state index in [0.717, 1.165) is 40.9 Å². The van der Waals surface area contributed by atoms with Gasteiger partial charge in [-0.15, -0.1) is 0 Å². The minimum Gasteiger partial charge on any atom is -0.494 e. The van der Waals surface area contributed by atoms with Gasteiger partial charge < -0.3 is 9.47 Å². The van der Waals surface area contributed by atoms with Crippen LogP contribution in [0.15, 0.2) is 54.6 Å². The normalized spacial score (nSPS) is 10.8. The lowest BCUT2D eigenvalue weighted by Crippen LogP contribution is -1.98. The summed E-state index contributed by atoms with van der Waals surface area (Å²) in [5, 5.41) is 2.95. The summed E-state index contributed by atoms with van der Waals surface area (Å²) in [6.45, 7) is 3.30. The van der Waals surface area contributed by atoms with E-state index in [2.05, 4.69) is 6.92 Å². The molecule has 0 heterocycles.